The minimum Gasteiger partial charge on any atom is -0.610 e. The van der Waals surface area contributed by atoms with Gasteiger partial charge in [-0.1, -0.05) is 51.8 Å². The van der Waals surface area contributed by atoms with Crippen LogP contribution in [0.15, 0.2) is 63.7 Å². The number of hydrogen-bond donors (Lipinski definition) is 18. The molecule has 20 N–H and O–H groups in total. The lowest BCUT2D eigenvalue weighted by atomic mass is 9.83. The number of methoxy groups -OCH3 is 1. The second-order valence-corrected chi connectivity index (χ2v) is 27.4. The molecule has 536 valence electrons. The Labute approximate surface area is 568 Å². The molecule has 1 aromatic heterocycles. The number of benzene rings is 2. The molecule has 6 aliphatic rings. The Balaban J connectivity index is 0.000000318. The molecular weight excluding hydrogens is 1350 g/mol. The molecule has 2 bridgehead atoms. The number of nitrogens with two attached hydrogens (primary N) is 2. The number of carbonyl (C=O) groups excluding carboxylic acids is 11. The molecule has 35 nitrogen and oxygen atoms in total. The normalized spacial score (nSPS) is 27.4. The summed E-state index contributed by atoms with van der Waals surface area (Å²) >= 11 is 3.47. The number of sulfonamides is 1. The number of hydrogen-bond acceptors (Lipinski definition) is 23. The number of halogens is 1. The van der Waals surface area contributed by atoms with Crippen molar-refractivity contribution in [3.63, 3.8) is 0 Å². The highest BCUT2D eigenvalue weighted by Gasteiger charge is 2.47. The number of aromatic nitrogens is 1. The Morgan fingerprint density at radius 3 is 2.18 bits per heavy atom. The fourth-order valence-corrected chi connectivity index (χ4v) is 14.3. The lowest BCUT2D eigenvalue weighted by Crippen LogP contribution is -2.62. The molecular formula is C60H80ClN13O22S2. The van der Waals surface area contributed by atoms with Crippen molar-refractivity contribution in [1.82, 2.24) is 52.4 Å². The number of allylic oxidation sites excluding steroid dienone is 1. The largest absolute Gasteiger partial charge is 0.610 e. The van der Waals surface area contributed by atoms with Crippen LogP contribution in [0.1, 0.15) is 75.7 Å². The monoisotopic (exact) mass is 1430 g/mol. The van der Waals surface area contributed by atoms with Gasteiger partial charge >= 0.3 is 5.97 Å². The van der Waals surface area contributed by atoms with E-state index in [2.05, 4.69) is 57.6 Å². The van der Waals surface area contributed by atoms with Gasteiger partial charge in [-0.05, 0) is 48.6 Å². The lowest BCUT2D eigenvalue weighted by molar-refractivity contribution is -0.144. The number of fused-ring (bicyclic) bond motifs is 7. The van der Waals surface area contributed by atoms with Crippen molar-refractivity contribution < 1.29 is 106 Å². The maximum absolute atomic E-state index is 14.6. The number of primary amides is 1. The number of ether oxygens (including phenoxy) is 2. The van der Waals surface area contributed by atoms with E-state index in [9.17, 15) is 91.2 Å². The van der Waals surface area contributed by atoms with E-state index >= 15 is 0 Å². The van der Waals surface area contributed by atoms with Crippen molar-refractivity contribution in [2.75, 3.05) is 51.0 Å². The Morgan fingerprint density at radius 1 is 0.867 bits per heavy atom. The van der Waals surface area contributed by atoms with Crippen LogP contribution in [0.2, 0.25) is 5.02 Å². The number of phenols is 1. The number of amides is 10. The Hall–Kier alpha value is -8.66. The molecule has 4 unspecified atom stereocenters. The Morgan fingerprint density at radius 2 is 1.55 bits per heavy atom. The summed E-state index contributed by atoms with van der Waals surface area (Å²) in [5.74, 6) is -13.4. The quantitative estimate of drug-likeness (QED) is 0.0485. The summed E-state index contributed by atoms with van der Waals surface area (Å²) < 4.78 is 46.8. The van der Waals surface area contributed by atoms with Crippen molar-refractivity contribution in [2.24, 2.45) is 34.5 Å². The van der Waals surface area contributed by atoms with Crippen molar-refractivity contribution in [3.8, 4) is 5.75 Å². The van der Waals surface area contributed by atoms with Crippen molar-refractivity contribution in [3.05, 3.63) is 70.0 Å². The van der Waals surface area contributed by atoms with Crippen LogP contribution in [0.3, 0.4) is 0 Å². The first-order chi connectivity index (χ1) is 46.2. The predicted octanol–water partition coefficient (Wildman–Crippen LogP) is -5.09. The maximum atomic E-state index is 14.6. The van der Waals surface area contributed by atoms with Crippen molar-refractivity contribution in [2.45, 2.75) is 137 Å². The number of primary sulfonamides is 1. The van der Waals surface area contributed by atoms with E-state index in [1.165, 1.54) is 50.6 Å². The highest BCUT2D eigenvalue weighted by atomic mass is 35.5. The SMILES string of the molecule is CCC(C)[C@@H]1NC(=O)CNC(=O)[C@@H]2Cc3c([nH]c4cc(O)ccc34)[S@+]([O-])C[C@H](NC(=O)CNC1=O)C(=O)N[C@@H](CC(N)=O)C(=O)N1CC(O)C[C@H]1C(=O)N[C@@H](C(C)[C@@H](O)CO)C(=O)N2.CCC1NC(=O)c2cc(S(N)(=O)=O)c(Cl)cc2N1.COC(=O)C1=CO[C@@H](O)[C@@H]2C(CO)=CC[C@H]12. The fourth-order valence-electron chi connectivity index (χ4n) is 11.8. The molecule has 0 radical (unpaired) electrons. The molecule has 1 aliphatic carbocycles. The minimum atomic E-state index is -3.95. The number of aliphatic hydroxyl groups excluding tert-OH is 5. The zero-order chi connectivity index (χ0) is 72.4. The molecule has 1 fully saturated rings. The van der Waals surface area contributed by atoms with E-state index < -0.39 is 198 Å². The van der Waals surface area contributed by atoms with E-state index in [4.69, 9.17) is 32.3 Å². The zero-order valence-electron chi connectivity index (χ0n) is 53.6. The predicted molar refractivity (Wildman–Crippen MR) is 344 cm³/mol. The van der Waals surface area contributed by atoms with Crippen molar-refractivity contribution >= 4 is 114 Å². The molecule has 38 heteroatoms. The first-order valence-corrected chi connectivity index (χ1v) is 34.2. The van der Waals surface area contributed by atoms with Gasteiger partial charge in [0.2, 0.25) is 74.5 Å². The average molecular weight is 1430 g/mol. The maximum Gasteiger partial charge on any atom is 0.337 e. The number of carbonyl (C=O) groups is 11. The third-order valence-electron chi connectivity index (χ3n) is 17.3. The number of nitrogens with zero attached hydrogens (tertiary/aromatic N) is 1. The summed E-state index contributed by atoms with van der Waals surface area (Å²) in [6.07, 6.45) is -1.22. The number of esters is 1. The molecule has 3 aromatic rings. The molecule has 6 heterocycles. The second-order valence-electron chi connectivity index (χ2n) is 24.0. The van der Waals surface area contributed by atoms with Crippen LogP contribution in [0.5, 0.6) is 5.75 Å². The molecule has 5 aliphatic heterocycles. The van der Waals surface area contributed by atoms with Gasteiger partial charge in [0.15, 0.2) is 6.04 Å². The van der Waals surface area contributed by atoms with Gasteiger partial charge in [-0.3, -0.25) is 47.9 Å². The summed E-state index contributed by atoms with van der Waals surface area (Å²) in [4.78, 5) is 150. The molecule has 1 saturated heterocycles. The molecule has 2 aromatic carbocycles. The topological polar surface area (TPSA) is 564 Å². The summed E-state index contributed by atoms with van der Waals surface area (Å²) in [5, 5.41) is 88.3. The molecule has 10 amide bonds. The van der Waals surface area contributed by atoms with Crippen LogP contribution in [-0.2, 0) is 85.0 Å². The lowest BCUT2D eigenvalue weighted by Gasteiger charge is -2.32. The summed E-state index contributed by atoms with van der Waals surface area (Å²) in [7, 11) is -2.65. The minimum absolute atomic E-state index is 0.00620. The van der Waals surface area contributed by atoms with Gasteiger partial charge in [0.1, 0.15) is 46.6 Å². The summed E-state index contributed by atoms with van der Waals surface area (Å²) in [6, 6.07) is -3.41. The van der Waals surface area contributed by atoms with Crippen LogP contribution in [0.25, 0.3) is 10.9 Å². The van der Waals surface area contributed by atoms with Crippen molar-refractivity contribution in [1.29, 1.82) is 0 Å². The van der Waals surface area contributed by atoms with E-state index in [0.717, 1.165) is 4.90 Å². The number of aromatic amines is 1. The Bertz CT molecular complexity index is 3760. The first kappa shape index (κ1) is 76.7. The fraction of sp³-hybridized carbons (Fsp3) is 0.517. The van der Waals surface area contributed by atoms with E-state index in [1.807, 2.05) is 13.0 Å². The van der Waals surface area contributed by atoms with E-state index in [-0.39, 0.29) is 73.2 Å². The molecule has 98 heavy (non-hydrogen) atoms. The van der Waals surface area contributed by atoms with Crippen LogP contribution < -0.4 is 58.7 Å². The summed E-state index contributed by atoms with van der Waals surface area (Å²) in [5.41, 5.74) is 7.58. The number of aromatic hydroxyl groups is 1. The van der Waals surface area contributed by atoms with Gasteiger partial charge in [0.25, 0.3) is 5.91 Å². The summed E-state index contributed by atoms with van der Waals surface area (Å²) in [6.45, 7) is 3.53. The highest BCUT2D eigenvalue weighted by molar-refractivity contribution is 7.91. The number of aliphatic hydroxyl groups is 5. The zero-order valence-corrected chi connectivity index (χ0v) is 56.0. The van der Waals surface area contributed by atoms with Gasteiger partial charge in [-0.2, -0.15) is 0 Å². The molecule has 15 atom stereocenters. The highest BCUT2D eigenvalue weighted by Crippen LogP contribution is 2.42. The van der Waals surface area contributed by atoms with Crippen LogP contribution >= 0.6 is 11.6 Å². The van der Waals surface area contributed by atoms with Gasteiger partial charge < -0.3 is 108 Å². The van der Waals surface area contributed by atoms with Gasteiger partial charge in [0, 0.05) is 59.4 Å². The smallest absolute Gasteiger partial charge is 0.337 e. The van der Waals surface area contributed by atoms with Crippen LogP contribution in [-0.4, -0.2) is 225 Å². The number of phenolic OH excluding ortho intramolecular Hbond substituents is 1. The van der Waals surface area contributed by atoms with E-state index in [1.54, 1.807) is 13.8 Å². The van der Waals surface area contributed by atoms with E-state index in [0.29, 0.717) is 36.1 Å². The Kier molecular flexibility index (Phi) is 26.0. The molecule has 0 spiro atoms. The van der Waals surface area contributed by atoms with Gasteiger partial charge in [0.05, 0.1) is 97.8 Å². The number of H-pyrrole nitrogens is 1. The molecule has 9 rings (SSSR count). The number of rotatable bonds is 11. The number of anilines is 1. The van der Waals surface area contributed by atoms with Gasteiger partial charge in [-0.25, -0.2) is 18.4 Å². The first-order valence-electron chi connectivity index (χ1n) is 30.9. The average Bonchev–Trinajstić information content (AvgIpc) is 1.17. The molecule has 0 saturated carbocycles. The number of nitrogens with one attached hydrogen (secondary N) is 10. The van der Waals surface area contributed by atoms with Crippen LogP contribution in [0, 0.1) is 23.7 Å². The van der Waals surface area contributed by atoms with Gasteiger partial charge in [-0.15, -0.1) is 0 Å². The third kappa shape index (κ3) is 18.4. The standard InChI is InChI=1S/C39H54N10O14S.C11H14O5.C10H12ClN3O3S/c1-4-16(2)31-36(60)42-11-29(55)43-25-15-64(63)38-21(20-6-5-18(51)7-22(20)46-38)9-23(33(57)41-12-30(56)47-31)44-37(61)32(17(3)27(53)14-50)48-35(59)26-8-19(52)13-49(26)39(62)24(10-28(40)54)45-34(25)58;1-15-10(13)8-5-16-11(14)9-6(4-12)2-3-7(8)9;1-2-9-13-7-4-6(11)8(18(12,16)17)3-5(7)10(15)14-9/h5-7,16-17,19,23-27,31-32,46,50-53H,4,8-15H2,1-3H3,(H2,40,54)(H,41,57)(H,42,60)(H,43,55)(H,44,61)(H,45,58)(H,47,56)(H,48,59);2,5,7,9,11-12,14H,3-4H2,1H3;3-4,9,13H,2H2,1H3,(H,14,15)(H2,12,16,17)/t16?,17?,19?,23-,24-,25-,26-,27-,31-,32-,64+;7-,9-,11-;/m01./s1. The van der Waals surface area contributed by atoms with Crippen LogP contribution in [0.4, 0.5) is 5.69 Å². The second kappa shape index (κ2) is 33.3. The third-order valence-corrected chi connectivity index (χ3v) is 20.2.